The van der Waals surface area contributed by atoms with Gasteiger partial charge in [-0.25, -0.2) is 0 Å². The number of benzene rings is 2. The van der Waals surface area contributed by atoms with Gasteiger partial charge in [0, 0.05) is 35.8 Å². The zero-order valence-electron chi connectivity index (χ0n) is 21.3. The van der Waals surface area contributed by atoms with E-state index >= 15 is 0 Å². The average Bonchev–Trinajstić information content (AvgIpc) is 3.41. The molecule has 8 nitrogen and oxygen atoms in total. The first-order valence-electron chi connectivity index (χ1n) is 12.9. The maximum Gasteiger partial charge on any atom is 0.294 e. The third kappa shape index (κ3) is 5.52. The Morgan fingerprint density at radius 2 is 1.68 bits per heavy atom. The number of hydrogen-bond donors (Lipinski definition) is 1. The molecule has 1 aromatic heterocycles. The normalized spacial score (nSPS) is 17.9. The molecule has 0 aliphatic carbocycles. The van der Waals surface area contributed by atoms with Crippen LogP contribution in [0.15, 0.2) is 65.7 Å². The molecule has 2 fully saturated rings. The Kier molecular flexibility index (Phi) is 7.64. The number of para-hydroxylation sites is 1. The summed E-state index contributed by atoms with van der Waals surface area (Å²) in [6, 6.07) is 17.3. The van der Waals surface area contributed by atoms with Crippen molar-refractivity contribution in [3.05, 3.63) is 76.8 Å². The number of amides is 4. The highest BCUT2D eigenvalue weighted by Gasteiger charge is 2.37. The van der Waals surface area contributed by atoms with Gasteiger partial charge in [-0.15, -0.1) is 0 Å². The Balaban J connectivity index is 1.32. The first kappa shape index (κ1) is 25.8. The molecular formula is C29H30N4O4S. The van der Waals surface area contributed by atoms with Crippen molar-refractivity contribution in [2.75, 3.05) is 19.6 Å². The Morgan fingerprint density at radius 3 is 2.45 bits per heavy atom. The Bertz CT molecular complexity index is 1410. The number of fused-ring (bicyclic) bond motifs is 1. The Hall–Kier alpha value is -3.85. The van der Waals surface area contributed by atoms with Crippen LogP contribution in [-0.4, -0.2) is 57.0 Å². The van der Waals surface area contributed by atoms with Gasteiger partial charge < -0.3 is 14.8 Å². The summed E-state index contributed by atoms with van der Waals surface area (Å²) in [5.41, 5.74) is 2.60. The van der Waals surface area contributed by atoms with Crippen molar-refractivity contribution < 1.29 is 19.2 Å². The van der Waals surface area contributed by atoms with Gasteiger partial charge >= 0.3 is 0 Å². The molecule has 5 rings (SSSR count). The summed E-state index contributed by atoms with van der Waals surface area (Å²) in [7, 11) is 0. The van der Waals surface area contributed by atoms with Gasteiger partial charge in [0.25, 0.3) is 11.1 Å². The number of hydrogen-bond acceptors (Lipinski definition) is 5. The highest BCUT2D eigenvalue weighted by atomic mass is 32.2. The molecule has 0 radical (unpaired) electrons. The third-order valence-electron chi connectivity index (χ3n) is 6.97. The molecule has 1 N–H and O–H groups in total. The third-order valence-corrected chi connectivity index (χ3v) is 7.88. The molecule has 2 saturated heterocycles. The van der Waals surface area contributed by atoms with E-state index in [1.807, 2.05) is 72.3 Å². The van der Waals surface area contributed by atoms with Crippen molar-refractivity contribution in [3.8, 4) is 0 Å². The van der Waals surface area contributed by atoms with Crippen molar-refractivity contribution in [1.82, 2.24) is 19.7 Å². The van der Waals surface area contributed by atoms with Crippen molar-refractivity contribution in [3.63, 3.8) is 0 Å². The summed E-state index contributed by atoms with van der Waals surface area (Å²) in [5, 5.41) is 3.46. The summed E-state index contributed by atoms with van der Waals surface area (Å²) in [4.78, 5) is 54.3. The van der Waals surface area contributed by atoms with Crippen molar-refractivity contribution in [1.29, 1.82) is 0 Å². The lowest BCUT2D eigenvalue weighted by molar-refractivity contribution is -0.136. The van der Waals surface area contributed by atoms with Crippen molar-refractivity contribution >= 4 is 51.7 Å². The number of carbonyl (C=O) groups is 4. The smallest absolute Gasteiger partial charge is 0.294 e. The molecule has 0 saturated carbocycles. The maximum atomic E-state index is 13.1. The summed E-state index contributed by atoms with van der Waals surface area (Å²) < 4.78 is 1.85. The van der Waals surface area contributed by atoms with E-state index in [4.69, 9.17) is 0 Å². The van der Waals surface area contributed by atoms with Crippen molar-refractivity contribution in [2.45, 2.75) is 38.8 Å². The quantitative estimate of drug-likeness (QED) is 0.452. The summed E-state index contributed by atoms with van der Waals surface area (Å²) in [6.45, 7) is 3.16. The van der Waals surface area contributed by atoms with Gasteiger partial charge in [0.2, 0.25) is 11.8 Å². The van der Waals surface area contributed by atoms with Crippen LogP contribution in [0.2, 0.25) is 0 Å². The number of likely N-dealkylation sites (tertiary alicyclic amines) is 1. The van der Waals surface area contributed by atoms with Crippen LogP contribution in [0.4, 0.5) is 4.79 Å². The number of imide groups is 1. The lowest BCUT2D eigenvalue weighted by Crippen LogP contribution is -2.44. The van der Waals surface area contributed by atoms with Gasteiger partial charge in [-0.1, -0.05) is 48.5 Å². The SMILES string of the molecule is CC(NC(=O)Cn1cc(/C=C2\SC(=O)N(CC(=O)N3CCCCC3)C2=O)c2ccccc21)c1ccccc1. The van der Waals surface area contributed by atoms with Crippen LogP contribution < -0.4 is 5.32 Å². The maximum absolute atomic E-state index is 13.1. The second-order valence-electron chi connectivity index (χ2n) is 9.64. The second-order valence-corrected chi connectivity index (χ2v) is 10.6. The van der Waals surface area contributed by atoms with E-state index in [1.165, 1.54) is 0 Å². The molecule has 1 atom stereocenters. The van der Waals surface area contributed by atoms with Crippen LogP contribution >= 0.6 is 11.8 Å². The highest BCUT2D eigenvalue weighted by Crippen LogP contribution is 2.34. The fraction of sp³-hybridized carbons (Fsp3) is 0.310. The highest BCUT2D eigenvalue weighted by molar-refractivity contribution is 8.18. The first-order valence-corrected chi connectivity index (χ1v) is 13.7. The van der Waals surface area contributed by atoms with Gasteiger partial charge in [0.05, 0.1) is 10.9 Å². The van der Waals surface area contributed by atoms with E-state index in [9.17, 15) is 19.2 Å². The molecule has 3 aromatic rings. The Morgan fingerprint density at radius 1 is 0.974 bits per heavy atom. The van der Waals surface area contributed by atoms with Crippen LogP contribution in [0, 0.1) is 0 Å². The van der Waals surface area contributed by atoms with Gasteiger partial charge in [-0.05, 0) is 55.7 Å². The summed E-state index contributed by atoms with van der Waals surface area (Å²) in [6.07, 6.45) is 6.49. The first-order chi connectivity index (χ1) is 18.4. The fourth-order valence-corrected chi connectivity index (χ4v) is 5.77. The molecule has 1 unspecified atom stereocenters. The molecule has 0 bridgehead atoms. The van der Waals surface area contributed by atoms with Crippen LogP contribution in [-0.2, 0) is 20.9 Å². The molecule has 3 heterocycles. The lowest BCUT2D eigenvalue weighted by Gasteiger charge is -2.27. The zero-order valence-corrected chi connectivity index (χ0v) is 22.1. The number of rotatable bonds is 7. The van der Waals surface area contributed by atoms with Crippen molar-refractivity contribution in [2.24, 2.45) is 0 Å². The average molecular weight is 531 g/mol. The minimum absolute atomic E-state index is 0.108. The fourth-order valence-electron chi connectivity index (χ4n) is 4.94. The second kappa shape index (κ2) is 11.3. The van der Waals surface area contributed by atoms with Gasteiger partial charge in [0.1, 0.15) is 13.1 Å². The topological polar surface area (TPSA) is 91.7 Å². The Labute approximate surface area is 225 Å². The monoisotopic (exact) mass is 530 g/mol. The minimum atomic E-state index is -0.461. The van der Waals surface area contributed by atoms with Gasteiger partial charge in [0.15, 0.2) is 0 Å². The molecule has 2 aliphatic heterocycles. The zero-order chi connectivity index (χ0) is 26.6. The summed E-state index contributed by atoms with van der Waals surface area (Å²) >= 11 is 0.842. The number of nitrogens with one attached hydrogen (secondary N) is 1. The van der Waals surface area contributed by atoms with Crippen LogP contribution in [0.25, 0.3) is 17.0 Å². The van der Waals surface area contributed by atoms with E-state index in [1.54, 1.807) is 11.0 Å². The minimum Gasteiger partial charge on any atom is -0.348 e. The largest absolute Gasteiger partial charge is 0.348 e. The lowest BCUT2D eigenvalue weighted by atomic mass is 10.1. The van der Waals surface area contributed by atoms with E-state index in [0.717, 1.165) is 58.0 Å². The van der Waals surface area contributed by atoms with E-state index in [0.29, 0.717) is 13.1 Å². The summed E-state index contributed by atoms with van der Waals surface area (Å²) in [5.74, 6) is -0.789. The van der Waals surface area contributed by atoms with E-state index in [2.05, 4.69) is 5.32 Å². The predicted molar refractivity (Wildman–Crippen MR) is 148 cm³/mol. The molecule has 0 spiro atoms. The molecule has 9 heteroatoms. The predicted octanol–water partition coefficient (Wildman–Crippen LogP) is 4.57. The van der Waals surface area contributed by atoms with Gasteiger partial charge in [-0.3, -0.25) is 24.1 Å². The number of aromatic nitrogens is 1. The molecule has 38 heavy (non-hydrogen) atoms. The van der Waals surface area contributed by atoms with E-state index in [-0.39, 0.29) is 35.9 Å². The molecule has 2 aliphatic rings. The van der Waals surface area contributed by atoms with E-state index < -0.39 is 11.1 Å². The number of thioether (sulfide) groups is 1. The van der Waals surface area contributed by atoms with Crippen LogP contribution in [0.5, 0.6) is 0 Å². The standard InChI is InChI=1S/C29H30N4O4S/c1-20(21-10-4-2-5-11-21)30-26(34)18-32-17-22(23-12-6-7-13-24(23)32)16-25-28(36)33(29(37)38-25)19-27(35)31-14-8-3-9-15-31/h2,4-7,10-13,16-17,20H,3,8-9,14-15,18-19H2,1H3,(H,30,34)/b25-16-. The van der Waals surface area contributed by atoms with Crippen LogP contribution in [0.3, 0.4) is 0 Å². The number of piperidine rings is 1. The molecule has 4 amide bonds. The number of nitrogens with zero attached hydrogens (tertiary/aromatic N) is 3. The molecular weight excluding hydrogens is 500 g/mol. The van der Waals surface area contributed by atoms with Gasteiger partial charge in [-0.2, -0.15) is 0 Å². The molecule has 196 valence electrons. The van der Waals surface area contributed by atoms with Crippen LogP contribution in [0.1, 0.15) is 43.4 Å². The molecule has 2 aromatic carbocycles. The number of carbonyl (C=O) groups excluding carboxylic acids is 4.